The van der Waals surface area contributed by atoms with Crippen molar-refractivity contribution in [1.82, 2.24) is 0 Å². The first kappa shape index (κ1) is 15.3. The van der Waals surface area contributed by atoms with Crippen LogP contribution in [0.5, 0.6) is 0 Å². The maximum atomic E-state index is 11.7. The number of hydrogen-bond acceptors (Lipinski definition) is 3. The van der Waals surface area contributed by atoms with Crippen molar-refractivity contribution < 1.29 is 14.3 Å². The van der Waals surface area contributed by atoms with E-state index < -0.39 is 0 Å². The molecule has 2 rings (SSSR count). The molecule has 4 heteroatoms. The predicted molar refractivity (Wildman–Crippen MR) is 78.4 cm³/mol. The molecule has 0 spiro atoms. The van der Waals surface area contributed by atoms with E-state index in [1.54, 1.807) is 0 Å². The smallest absolute Gasteiger partial charge is 0.309 e. The summed E-state index contributed by atoms with van der Waals surface area (Å²) in [6.07, 6.45) is 8.52. The van der Waals surface area contributed by atoms with Crippen molar-refractivity contribution in [2.75, 3.05) is 13.2 Å². The van der Waals surface area contributed by atoms with E-state index in [2.05, 4.69) is 15.9 Å². The van der Waals surface area contributed by atoms with Crippen molar-refractivity contribution in [3.63, 3.8) is 0 Å². The zero-order chi connectivity index (χ0) is 13.7. The van der Waals surface area contributed by atoms with Gasteiger partial charge in [-0.25, -0.2) is 0 Å². The molecule has 2 saturated carbocycles. The molecule has 3 unspecified atom stereocenters. The minimum atomic E-state index is -0.0595. The quantitative estimate of drug-likeness (QED) is 0.569. The minimum absolute atomic E-state index is 0.0145. The van der Waals surface area contributed by atoms with Crippen LogP contribution >= 0.6 is 15.9 Å². The Bertz CT molecular complexity index is 289. The number of carbonyl (C=O) groups excluding carboxylic acids is 1. The van der Waals surface area contributed by atoms with E-state index in [-0.39, 0.29) is 18.0 Å². The van der Waals surface area contributed by atoms with Gasteiger partial charge in [-0.15, -0.1) is 0 Å². The number of halogens is 1. The molecule has 0 saturated heterocycles. The Hall–Kier alpha value is -0.0900. The van der Waals surface area contributed by atoms with Crippen LogP contribution in [-0.4, -0.2) is 30.1 Å². The fourth-order valence-electron chi connectivity index (χ4n) is 3.19. The van der Waals surface area contributed by atoms with Gasteiger partial charge in [-0.2, -0.15) is 0 Å². The molecule has 0 aromatic carbocycles. The molecule has 0 aromatic heterocycles. The Morgan fingerprint density at radius 2 is 1.95 bits per heavy atom. The summed E-state index contributed by atoms with van der Waals surface area (Å²) >= 11 is 3.66. The fraction of sp³-hybridized carbons (Fsp3) is 0.933. The van der Waals surface area contributed by atoms with Gasteiger partial charge < -0.3 is 9.47 Å². The van der Waals surface area contributed by atoms with Crippen LogP contribution in [0.1, 0.15) is 51.9 Å². The lowest BCUT2D eigenvalue weighted by atomic mass is 9.90. The highest BCUT2D eigenvalue weighted by Gasteiger charge is 2.38. The second kappa shape index (κ2) is 7.63. The normalized spacial score (nSPS) is 32.4. The molecular weight excluding hydrogens is 308 g/mol. The lowest BCUT2D eigenvalue weighted by Crippen LogP contribution is -2.23. The maximum absolute atomic E-state index is 11.7. The summed E-state index contributed by atoms with van der Waals surface area (Å²) < 4.78 is 11.2. The third-order valence-electron chi connectivity index (χ3n) is 4.32. The largest absolute Gasteiger partial charge is 0.466 e. The second-order valence-corrected chi connectivity index (χ2v) is 6.99. The number of hydrogen-bond donors (Lipinski definition) is 0. The van der Waals surface area contributed by atoms with Crippen molar-refractivity contribution in [1.29, 1.82) is 0 Å². The number of alkyl halides is 1. The summed E-state index contributed by atoms with van der Waals surface area (Å²) in [6, 6.07) is 0. The number of rotatable bonds is 5. The first-order valence-corrected chi connectivity index (χ1v) is 8.54. The molecule has 3 atom stereocenters. The highest BCUT2D eigenvalue weighted by atomic mass is 79.9. The van der Waals surface area contributed by atoms with Gasteiger partial charge >= 0.3 is 5.97 Å². The van der Waals surface area contributed by atoms with E-state index in [0.717, 1.165) is 25.4 Å². The van der Waals surface area contributed by atoms with Crippen molar-refractivity contribution in [2.24, 2.45) is 11.8 Å². The first-order valence-electron chi connectivity index (χ1n) is 7.63. The molecular formula is C15H25BrO3. The van der Waals surface area contributed by atoms with Crippen LogP contribution in [0.3, 0.4) is 0 Å². The lowest BCUT2D eigenvalue weighted by Gasteiger charge is -2.24. The molecule has 0 aromatic rings. The molecule has 19 heavy (non-hydrogen) atoms. The summed E-state index contributed by atoms with van der Waals surface area (Å²) in [5, 5.41) is 0. The minimum Gasteiger partial charge on any atom is -0.466 e. The van der Waals surface area contributed by atoms with E-state index in [1.165, 1.54) is 32.1 Å². The summed E-state index contributed by atoms with van der Waals surface area (Å²) in [4.78, 5) is 12.0. The Morgan fingerprint density at radius 1 is 1.21 bits per heavy atom. The van der Waals surface area contributed by atoms with Crippen molar-refractivity contribution in [2.45, 2.75) is 62.8 Å². The SMILES string of the molecule is CCOC(=O)C1CC(Br)C(OCC2CCCCC2)C1. The second-order valence-electron chi connectivity index (χ2n) is 5.81. The Kier molecular flexibility index (Phi) is 6.14. The van der Waals surface area contributed by atoms with Crippen molar-refractivity contribution in [3.8, 4) is 0 Å². The predicted octanol–water partition coefficient (Wildman–Crippen LogP) is 3.69. The average Bonchev–Trinajstić information content (AvgIpc) is 2.79. The summed E-state index contributed by atoms with van der Waals surface area (Å²) in [5.74, 6) is 0.687. The number of ether oxygens (including phenoxy) is 2. The fourth-order valence-corrected chi connectivity index (χ4v) is 4.01. The van der Waals surface area contributed by atoms with E-state index in [4.69, 9.17) is 9.47 Å². The third-order valence-corrected chi connectivity index (χ3v) is 5.28. The van der Waals surface area contributed by atoms with Crippen molar-refractivity contribution in [3.05, 3.63) is 0 Å². The van der Waals surface area contributed by atoms with Crippen LogP contribution in [0, 0.1) is 11.8 Å². The van der Waals surface area contributed by atoms with E-state index >= 15 is 0 Å². The molecule has 110 valence electrons. The zero-order valence-corrected chi connectivity index (χ0v) is 13.4. The highest BCUT2D eigenvalue weighted by Crippen LogP contribution is 2.35. The molecule has 0 amide bonds. The molecule has 2 aliphatic rings. The van der Waals surface area contributed by atoms with Gasteiger partial charge in [-0.05, 0) is 38.5 Å². The average molecular weight is 333 g/mol. The number of carbonyl (C=O) groups is 1. The van der Waals surface area contributed by atoms with Crippen LogP contribution in [0.4, 0.5) is 0 Å². The molecule has 2 fully saturated rings. The molecule has 3 nitrogen and oxygen atoms in total. The van der Waals surface area contributed by atoms with Gasteiger partial charge in [-0.3, -0.25) is 4.79 Å². The van der Waals surface area contributed by atoms with Crippen LogP contribution in [0.2, 0.25) is 0 Å². The Labute approximate surface area is 124 Å². The summed E-state index contributed by atoms with van der Waals surface area (Å²) in [5.41, 5.74) is 0. The van der Waals surface area contributed by atoms with Crippen LogP contribution in [-0.2, 0) is 14.3 Å². The Morgan fingerprint density at radius 3 is 2.63 bits per heavy atom. The molecule has 0 N–H and O–H groups in total. The van der Waals surface area contributed by atoms with Gasteiger partial charge in [0.05, 0.1) is 18.6 Å². The van der Waals surface area contributed by atoms with Gasteiger partial charge in [0.15, 0.2) is 0 Å². The maximum Gasteiger partial charge on any atom is 0.309 e. The van der Waals surface area contributed by atoms with Crippen LogP contribution in [0.25, 0.3) is 0 Å². The van der Waals surface area contributed by atoms with Gasteiger partial charge in [0.1, 0.15) is 0 Å². The van der Waals surface area contributed by atoms with Gasteiger partial charge in [0.2, 0.25) is 0 Å². The van der Waals surface area contributed by atoms with Gasteiger partial charge in [-0.1, -0.05) is 35.2 Å². The Balaban J connectivity index is 1.73. The van der Waals surface area contributed by atoms with E-state index in [9.17, 15) is 4.79 Å². The lowest BCUT2D eigenvalue weighted by molar-refractivity contribution is -0.148. The highest BCUT2D eigenvalue weighted by molar-refractivity contribution is 9.09. The molecule has 0 radical (unpaired) electrons. The molecule has 0 bridgehead atoms. The zero-order valence-electron chi connectivity index (χ0n) is 11.8. The molecule has 0 heterocycles. The first-order chi connectivity index (χ1) is 9.20. The van der Waals surface area contributed by atoms with E-state index in [0.29, 0.717) is 11.4 Å². The summed E-state index contributed by atoms with van der Waals surface area (Å²) in [7, 11) is 0. The molecule has 0 aliphatic heterocycles. The monoisotopic (exact) mass is 332 g/mol. The standard InChI is InChI=1S/C15H25BrO3/c1-2-18-15(17)12-8-13(16)14(9-12)19-10-11-6-4-3-5-7-11/h11-14H,2-10H2,1H3. The van der Waals surface area contributed by atoms with Gasteiger partial charge in [0, 0.05) is 11.4 Å². The van der Waals surface area contributed by atoms with E-state index in [1.807, 2.05) is 6.92 Å². The topological polar surface area (TPSA) is 35.5 Å². The van der Waals surface area contributed by atoms with Crippen LogP contribution < -0.4 is 0 Å². The third kappa shape index (κ3) is 4.45. The van der Waals surface area contributed by atoms with Crippen molar-refractivity contribution >= 4 is 21.9 Å². The summed E-state index contributed by atoms with van der Waals surface area (Å²) in [6.45, 7) is 3.19. The van der Waals surface area contributed by atoms with Gasteiger partial charge in [0.25, 0.3) is 0 Å². The molecule has 2 aliphatic carbocycles. The van der Waals surface area contributed by atoms with Crippen LogP contribution in [0.15, 0.2) is 0 Å². The number of esters is 1.